The molecular weight excluding hydrogens is 356 g/mol. The fraction of sp³-hybridized carbons (Fsp3) is 0.0952. The maximum Gasteiger partial charge on any atom is 0.267 e. The van der Waals surface area contributed by atoms with Gasteiger partial charge in [0.15, 0.2) is 5.75 Å². The van der Waals surface area contributed by atoms with Gasteiger partial charge >= 0.3 is 0 Å². The Morgan fingerprint density at radius 3 is 2.46 bits per heavy atom. The van der Waals surface area contributed by atoms with Gasteiger partial charge in [0.1, 0.15) is 0 Å². The number of nitrogens with zero attached hydrogens (tertiary/aromatic N) is 3. The average molecular weight is 374 g/mol. The summed E-state index contributed by atoms with van der Waals surface area (Å²) in [4.78, 5) is 21.8. The second kappa shape index (κ2) is 7.03. The molecule has 4 rings (SSSR count). The molecule has 7 nitrogen and oxygen atoms in total. The van der Waals surface area contributed by atoms with Crippen LogP contribution in [0.5, 0.6) is 11.6 Å². The topological polar surface area (TPSA) is 92.3 Å². The van der Waals surface area contributed by atoms with E-state index < -0.39 is 0 Å². The van der Waals surface area contributed by atoms with Gasteiger partial charge in [-0.1, -0.05) is 24.3 Å². The Labute approximate surface area is 161 Å². The standard InChI is InChI=1S/C21H18N4O3/c1-27-18-11-14(12-23-19(18)28-2)13-8-9-17-16(10-13)20(26)25(21(22)24-17)15-6-4-3-5-7-15/h3-12H,1-2H3,(H2,22,24). The van der Waals surface area contributed by atoms with E-state index in [1.54, 1.807) is 25.4 Å². The van der Waals surface area contributed by atoms with Crippen molar-refractivity contribution in [2.24, 2.45) is 0 Å². The zero-order valence-corrected chi connectivity index (χ0v) is 15.4. The van der Waals surface area contributed by atoms with Crippen molar-refractivity contribution in [1.82, 2.24) is 14.5 Å². The minimum Gasteiger partial charge on any atom is -0.491 e. The molecule has 0 bridgehead atoms. The predicted octanol–water partition coefficient (Wildman–Crippen LogP) is 3.05. The molecule has 2 N–H and O–H groups in total. The zero-order valence-electron chi connectivity index (χ0n) is 15.4. The number of benzene rings is 2. The highest BCUT2D eigenvalue weighted by Crippen LogP contribution is 2.30. The van der Waals surface area contributed by atoms with Crippen LogP contribution >= 0.6 is 0 Å². The van der Waals surface area contributed by atoms with Crippen LogP contribution in [0, 0.1) is 0 Å². The molecule has 7 heteroatoms. The third-order valence-electron chi connectivity index (χ3n) is 4.47. The van der Waals surface area contributed by atoms with Gasteiger partial charge in [-0.05, 0) is 35.9 Å². The van der Waals surface area contributed by atoms with Gasteiger partial charge in [-0.15, -0.1) is 0 Å². The lowest BCUT2D eigenvalue weighted by Crippen LogP contribution is -2.23. The summed E-state index contributed by atoms with van der Waals surface area (Å²) in [5.41, 5.74) is 8.62. The molecule has 140 valence electrons. The third kappa shape index (κ3) is 2.92. The van der Waals surface area contributed by atoms with Crippen LogP contribution in [0.2, 0.25) is 0 Å². The van der Waals surface area contributed by atoms with Crippen molar-refractivity contribution in [2.75, 3.05) is 20.0 Å². The number of nitrogen functional groups attached to an aromatic ring is 1. The first-order valence-corrected chi connectivity index (χ1v) is 8.58. The number of pyridine rings is 1. The molecule has 0 aliphatic carbocycles. The van der Waals surface area contributed by atoms with Crippen LogP contribution < -0.4 is 20.8 Å². The monoisotopic (exact) mass is 374 g/mol. The molecule has 0 fully saturated rings. The molecule has 0 spiro atoms. The molecule has 0 unspecified atom stereocenters. The van der Waals surface area contributed by atoms with Gasteiger partial charge in [-0.2, -0.15) is 0 Å². The van der Waals surface area contributed by atoms with Crippen LogP contribution in [0.4, 0.5) is 5.95 Å². The van der Waals surface area contributed by atoms with E-state index in [9.17, 15) is 4.79 Å². The Morgan fingerprint density at radius 2 is 1.75 bits per heavy atom. The average Bonchev–Trinajstić information content (AvgIpc) is 2.74. The number of hydrogen-bond acceptors (Lipinski definition) is 6. The van der Waals surface area contributed by atoms with Crippen molar-refractivity contribution >= 4 is 16.9 Å². The molecule has 0 aliphatic rings. The van der Waals surface area contributed by atoms with Gasteiger partial charge in [0.05, 0.1) is 30.8 Å². The van der Waals surface area contributed by atoms with Crippen molar-refractivity contribution in [3.8, 4) is 28.4 Å². The van der Waals surface area contributed by atoms with E-state index >= 15 is 0 Å². The van der Waals surface area contributed by atoms with Crippen LogP contribution in [0.3, 0.4) is 0 Å². The largest absolute Gasteiger partial charge is 0.491 e. The van der Waals surface area contributed by atoms with Gasteiger partial charge < -0.3 is 15.2 Å². The SMILES string of the molecule is COc1cc(-c2ccc3nc(N)n(-c4ccccc4)c(=O)c3c2)cnc1OC. The highest BCUT2D eigenvalue weighted by molar-refractivity contribution is 5.85. The van der Waals surface area contributed by atoms with E-state index in [0.29, 0.717) is 28.2 Å². The predicted molar refractivity (Wildman–Crippen MR) is 108 cm³/mol. The minimum atomic E-state index is -0.232. The number of rotatable bonds is 4. The molecule has 0 saturated carbocycles. The van der Waals surface area contributed by atoms with Crippen molar-refractivity contribution in [3.05, 3.63) is 71.1 Å². The van der Waals surface area contributed by atoms with Crippen molar-refractivity contribution in [3.63, 3.8) is 0 Å². The molecule has 0 amide bonds. The second-order valence-electron chi connectivity index (χ2n) is 6.11. The summed E-state index contributed by atoms with van der Waals surface area (Å²) in [7, 11) is 3.08. The van der Waals surface area contributed by atoms with Gasteiger partial charge in [0.25, 0.3) is 11.4 Å². The number of para-hydroxylation sites is 1. The number of hydrogen-bond donors (Lipinski definition) is 1. The number of ether oxygens (including phenoxy) is 2. The van der Waals surface area contributed by atoms with Crippen molar-refractivity contribution in [2.45, 2.75) is 0 Å². The second-order valence-corrected chi connectivity index (χ2v) is 6.11. The van der Waals surface area contributed by atoms with Crippen molar-refractivity contribution in [1.29, 1.82) is 0 Å². The lowest BCUT2D eigenvalue weighted by molar-refractivity contribution is 0.343. The van der Waals surface area contributed by atoms with E-state index in [1.165, 1.54) is 11.7 Å². The van der Waals surface area contributed by atoms with Gasteiger partial charge in [0.2, 0.25) is 5.95 Å². The Balaban J connectivity index is 1.91. The first-order chi connectivity index (χ1) is 13.6. The van der Waals surface area contributed by atoms with Gasteiger partial charge in [-0.3, -0.25) is 4.79 Å². The van der Waals surface area contributed by atoms with E-state index in [2.05, 4.69) is 9.97 Å². The maximum atomic E-state index is 13.1. The quantitative estimate of drug-likeness (QED) is 0.590. The smallest absolute Gasteiger partial charge is 0.267 e. The number of aromatic nitrogens is 3. The van der Waals surface area contributed by atoms with Gasteiger partial charge in [0, 0.05) is 11.8 Å². The zero-order chi connectivity index (χ0) is 19.7. The summed E-state index contributed by atoms with van der Waals surface area (Å²) in [5.74, 6) is 1.05. The Morgan fingerprint density at radius 1 is 0.964 bits per heavy atom. The first-order valence-electron chi connectivity index (χ1n) is 8.58. The fourth-order valence-electron chi connectivity index (χ4n) is 3.10. The van der Waals surface area contributed by atoms with Crippen LogP contribution in [0.15, 0.2) is 65.6 Å². The molecule has 28 heavy (non-hydrogen) atoms. The Hall–Kier alpha value is -3.87. The van der Waals surface area contributed by atoms with E-state index in [-0.39, 0.29) is 11.5 Å². The van der Waals surface area contributed by atoms with Crippen LogP contribution in [-0.4, -0.2) is 28.8 Å². The lowest BCUT2D eigenvalue weighted by atomic mass is 10.1. The third-order valence-corrected chi connectivity index (χ3v) is 4.47. The van der Waals surface area contributed by atoms with E-state index in [4.69, 9.17) is 15.2 Å². The maximum absolute atomic E-state index is 13.1. The lowest BCUT2D eigenvalue weighted by Gasteiger charge is -2.12. The normalized spacial score (nSPS) is 10.8. The summed E-state index contributed by atoms with van der Waals surface area (Å²) in [6.07, 6.45) is 1.67. The number of anilines is 1. The molecular formula is C21H18N4O3. The molecule has 0 atom stereocenters. The van der Waals surface area contributed by atoms with Crippen molar-refractivity contribution < 1.29 is 9.47 Å². The van der Waals surface area contributed by atoms with Crippen LogP contribution in [-0.2, 0) is 0 Å². The van der Waals surface area contributed by atoms with Gasteiger partial charge in [-0.25, -0.2) is 14.5 Å². The summed E-state index contributed by atoms with van der Waals surface area (Å²) >= 11 is 0. The Kier molecular flexibility index (Phi) is 4.41. The van der Waals surface area contributed by atoms with E-state index in [1.807, 2.05) is 42.5 Å². The number of nitrogens with two attached hydrogens (primary N) is 1. The molecule has 2 aromatic carbocycles. The molecule has 2 aromatic heterocycles. The van der Waals surface area contributed by atoms with Crippen LogP contribution in [0.25, 0.3) is 27.7 Å². The fourth-order valence-corrected chi connectivity index (χ4v) is 3.10. The highest BCUT2D eigenvalue weighted by atomic mass is 16.5. The van der Waals surface area contributed by atoms with Crippen LogP contribution in [0.1, 0.15) is 0 Å². The molecule has 0 aliphatic heterocycles. The summed E-state index contributed by atoms with van der Waals surface area (Å²) in [5, 5.41) is 0.463. The molecule has 0 saturated heterocycles. The first kappa shape index (κ1) is 17.5. The minimum absolute atomic E-state index is 0.143. The van der Waals surface area contributed by atoms with E-state index in [0.717, 1.165) is 11.1 Å². The number of fused-ring (bicyclic) bond motifs is 1. The highest BCUT2D eigenvalue weighted by Gasteiger charge is 2.13. The molecule has 2 heterocycles. The summed E-state index contributed by atoms with van der Waals surface area (Å²) < 4.78 is 11.9. The molecule has 4 aromatic rings. The Bertz CT molecular complexity index is 1220. The summed E-state index contributed by atoms with van der Waals surface area (Å²) in [6.45, 7) is 0. The molecule has 0 radical (unpaired) electrons. The number of methoxy groups -OCH3 is 2. The summed E-state index contributed by atoms with van der Waals surface area (Å²) in [6, 6.07) is 16.4.